The molecule has 1 aromatic heterocycles. The molecule has 146 valence electrons. The van der Waals surface area contributed by atoms with Gasteiger partial charge in [0.25, 0.3) is 5.24 Å². The number of nitrogens with zero attached hydrogens (tertiary/aromatic N) is 2. The maximum absolute atomic E-state index is 11.4. The Morgan fingerprint density at radius 2 is 1.96 bits per heavy atom. The number of aromatic nitrogens is 2. The number of methoxy groups -OCH3 is 1. The van der Waals surface area contributed by atoms with E-state index in [1.807, 2.05) is 49.6 Å². The number of aromatic amines is 1. The highest BCUT2D eigenvalue weighted by Gasteiger charge is 2.22. The molecule has 1 amide bonds. The second kappa shape index (κ2) is 8.46. The number of hydrogen-bond acceptors (Lipinski definition) is 6. The Hall–Kier alpha value is -2.16. The lowest BCUT2D eigenvalue weighted by molar-refractivity contribution is 0.261. The van der Waals surface area contributed by atoms with Crippen molar-refractivity contribution >= 4 is 57.9 Å². The summed E-state index contributed by atoms with van der Waals surface area (Å²) in [6.07, 6.45) is 2.02. The molecule has 4 rings (SSSR count). The minimum absolute atomic E-state index is 0. The lowest BCUT2D eigenvalue weighted by atomic mass is 10.1. The van der Waals surface area contributed by atoms with Gasteiger partial charge in [0.1, 0.15) is 11.6 Å². The van der Waals surface area contributed by atoms with E-state index in [0.29, 0.717) is 0 Å². The topological polar surface area (TPSA) is 79.4 Å². The maximum atomic E-state index is 11.4. The number of carbonyl (C=O) groups excluding carboxylic acids is 1. The molecule has 2 heterocycles. The molecule has 2 aromatic carbocycles. The first kappa shape index (κ1) is 20.6. The fraction of sp³-hybridized carbons (Fsp3) is 0.211. The number of ether oxygens (including phenoxy) is 1. The third-order valence-corrected chi connectivity index (χ3v) is 6.03. The van der Waals surface area contributed by atoms with Crippen molar-refractivity contribution in [2.45, 2.75) is 17.1 Å². The Bertz CT molecular complexity index is 1070. The zero-order valence-corrected chi connectivity index (χ0v) is 17.9. The number of nitrogens with one attached hydrogen (secondary N) is 2. The van der Waals surface area contributed by atoms with Crippen LogP contribution >= 0.6 is 35.9 Å². The molecule has 1 aliphatic heterocycles. The SMILES string of the molecule is COc1cc(-c2nc3cc(C4=NNC(=O)SC4C)ccc3[nH]2)ccc1SC.Cl. The van der Waals surface area contributed by atoms with Crippen molar-refractivity contribution < 1.29 is 9.53 Å². The number of rotatable bonds is 4. The van der Waals surface area contributed by atoms with Crippen LogP contribution < -0.4 is 10.2 Å². The fourth-order valence-electron chi connectivity index (χ4n) is 3.02. The van der Waals surface area contributed by atoms with E-state index in [2.05, 4.69) is 15.5 Å². The monoisotopic (exact) mass is 434 g/mol. The molecule has 0 spiro atoms. The van der Waals surface area contributed by atoms with E-state index < -0.39 is 0 Å². The van der Waals surface area contributed by atoms with E-state index in [1.165, 1.54) is 11.8 Å². The highest BCUT2D eigenvalue weighted by molar-refractivity contribution is 8.14. The molecule has 28 heavy (non-hydrogen) atoms. The molecule has 0 saturated carbocycles. The number of carbonyl (C=O) groups is 1. The van der Waals surface area contributed by atoms with Gasteiger partial charge in [-0.25, -0.2) is 10.4 Å². The quantitative estimate of drug-likeness (QED) is 0.569. The van der Waals surface area contributed by atoms with Gasteiger partial charge in [0, 0.05) is 16.0 Å². The minimum Gasteiger partial charge on any atom is -0.496 e. The first-order valence-electron chi connectivity index (χ1n) is 8.36. The molecular formula is C19H19ClN4O2S2. The van der Waals surface area contributed by atoms with Crippen LogP contribution in [0.25, 0.3) is 22.4 Å². The van der Waals surface area contributed by atoms with Gasteiger partial charge < -0.3 is 9.72 Å². The van der Waals surface area contributed by atoms with Gasteiger partial charge in [-0.05, 0) is 43.5 Å². The number of imidazole rings is 1. The maximum Gasteiger partial charge on any atom is 0.299 e. The van der Waals surface area contributed by atoms with Gasteiger partial charge >= 0.3 is 0 Å². The van der Waals surface area contributed by atoms with Crippen LogP contribution in [0, 0.1) is 0 Å². The van der Waals surface area contributed by atoms with Gasteiger partial charge in [-0.3, -0.25) is 4.79 Å². The van der Waals surface area contributed by atoms with Crippen LogP contribution in [-0.4, -0.2) is 39.5 Å². The van der Waals surface area contributed by atoms with E-state index in [4.69, 9.17) is 9.72 Å². The van der Waals surface area contributed by atoms with Crippen molar-refractivity contribution in [2.75, 3.05) is 13.4 Å². The average Bonchev–Trinajstić information content (AvgIpc) is 3.10. The Kier molecular flexibility index (Phi) is 6.22. The van der Waals surface area contributed by atoms with Crippen LogP contribution in [-0.2, 0) is 0 Å². The van der Waals surface area contributed by atoms with Gasteiger partial charge in [0.2, 0.25) is 0 Å². The number of thioether (sulfide) groups is 2. The summed E-state index contributed by atoms with van der Waals surface area (Å²) < 4.78 is 5.48. The Balaban J connectivity index is 0.00000225. The Morgan fingerprint density at radius 3 is 2.68 bits per heavy atom. The third-order valence-electron chi connectivity index (χ3n) is 4.37. The zero-order chi connectivity index (χ0) is 19.0. The van der Waals surface area contributed by atoms with Crippen molar-refractivity contribution in [2.24, 2.45) is 5.10 Å². The zero-order valence-electron chi connectivity index (χ0n) is 15.5. The molecule has 1 aliphatic rings. The predicted octanol–water partition coefficient (Wildman–Crippen LogP) is 4.93. The largest absolute Gasteiger partial charge is 0.496 e. The van der Waals surface area contributed by atoms with Crippen molar-refractivity contribution in [3.63, 3.8) is 0 Å². The minimum atomic E-state index is -0.128. The summed E-state index contributed by atoms with van der Waals surface area (Å²) in [7, 11) is 1.67. The van der Waals surface area contributed by atoms with Gasteiger partial charge in [0.15, 0.2) is 0 Å². The summed E-state index contributed by atoms with van der Waals surface area (Å²) in [6.45, 7) is 1.97. The predicted molar refractivity (Wildman–Crippen MR) is 119 cm³/mol. The van der Waals surface area contributed by atoms with E-state index in [9.17, 15) is 4.79 Å². The van der Waals surface area contributed by atoms with Crippen molar-refractivity contribution in [1.82, 2.24) is 15.4 Å². The van der Waals surface area contributed by atoms with Gasteiger partial charge in [-0.15, -0.1) is 24.2 Å². The number of amides is 1. The molecule has 3 aromatic rings. The summed E-state index contributed by atoms with van der Waals surface area (Å²) in [5.74, 6) is 1.62. The summed E-state index contributed by atoms with van der Waals surface area (Å²) in [4.78, 5) is 20.6. The Labute approximate surface area is 177 Å². The van der Waals surface area contributed by atoms with E-state index in [-0.39, 0.29) is 22.9 Å². The number of H-pyrrole nitrogens is 1. The van der Waals surface area contributed by atoms with Crippen molar-refractivity contribution in [1.29, 1.82) is 0 Å². The van der Waals surface area contributed by atoms with Gasteiger partial charge in [-0.1, -0.05) is 17.8 Å². The number of halogens is 1. The molecule has 0 fully saturated rings. The highest BCUT2D eigenvalue weighted by Crippen LogP contribution is 2.32. The summed E-state index contributed by atoms with van der Waals surface area (Å²) in [5.41, 5.74) is 7.10. The smallest absolute Gasteiger partial charge is 0.299 e. The molecule has 1 atom stereocenters. The molecular weight excluding hydrogens is 416 g/mol. The molecule has 6 nitrogen and oxygen atoms in total. The van der Waals surface area contributed by atoms with Crippen LogP contribution in [0.1, 0.15) is 12.5 Å². The molecule has 0 bridgehead atoms. The number of hydrogen-bond donors (Lipinski definition) is 2. The lowest BCUT2D eigenvalue weighted by Gasteiger charge is -2.18. The van der Waals surface area contributed by atoms with E-state index >= 15 is 0 Å². The van der Waals surface area contributed by atoms with Crippen molar-refractivity contribution in [3.8, 4) is 17.1 Å². The molecule has 0 saturated heterocycles. The van der Waals surface area contributed by atoms with Crippen LogP contribution in [0.3, 0.4) is 0 Å². The summed E-state index contributed by atoms with van der Waals surface area (Å²) in [5, 5.41) is 4.09. The van der Waals surface area contributed by atoms with Gasteiger partial charge in [0.05, 0.1) is 29.1 Å². The number of hydrazone groups is 1. The van der Waals surface area contributed by atoms with Crippen LogP contribution in [0.5, 0.6) is 5.75 Å². The highest BCUT2D eigenvalue weighted by atomic mass is 35.5. The second-order valence-electron chi connectivity index (χ2n) is 6.04. The van der Waals surface area contributed by atoms with Crippen LogP contribution in [0.15, 0.2) is 46.4 Å². The molecule has 1 unspecified atom stereocenters. The average molecular weight is 435 g/mol. The van der Waals surface area contributed by atoms with Crippen molar-refractivity contribution in [3.05, 3.63) is 42.0 Å². The normalized spacial score (nSPS) is 16.3. The molecule has 0 radical (unpaired) electrons. The first-order valence-corrected chi connectivity index (χ1v) is 10.5. The summed E-state index contributed by atoms with van der Waals surface area (Å²) in [6, 6.07) is 12.0. The third kappa shape index (κ3) is 3.85. The standard InChI is InChI=1S/C19H18N4O2S2.ClH/c1-10-17(22-23-19(24)27-10)11-4-6-13-14(8-11)21-18(20-13)12-5-7-16(26-3)15(9-12)25-2;/h4-10H,1-3H3,(H,20,21)(H,23,24);1H. The fourth-order valence-corrected chi connectivity index (χ4v) is 4.29. The lowest BCUT2D eigenvalue weighted by Crippen LogP contribution is -2.29. The van der Waals surface area contributed by atoms with E-state index in [1.54, 1.807) is 18.9 Å². The molecule has 0 aliphatic carbocycles. The Morgan fingerprint density at radius 1 is 1.18 bits per heavy atom. The van der Waals surface area contributed by atoms with Crippen LogP contribution in [0.4, 0.5) is 4.79 Å². The first-order chi connectivity index (χ1) is 13.1. The van der Waals surface area contributed by atoms with E-state index in [0.717, 1.165) is 44.3 Å². The second-order valence-corrected chi connectivity index (χ2v) is 8.21. The number of benzene rings is 2. The van der Waals surface area contributed by atoms with Gasteiger partial charge in [-0.2, -0.15) is 5.10 Å². The van der Waals surface area contributed by atoms with Crippen LogP contribution in [0.2, 0.25) is 0 Å². The molecule has 9 heteroatoms. The number of fused-ring (bicyclic) bond motifs is 1. The summed E-state index contributed by atoms with van der Waals surface area (Å²) >= 11 is 2.88. The molecule has 2 N–H and O–H groups in total.